The highest BCUT2D eigenvalue weighted by atomic mass is 35.5. The van der Waals surface area contributed by atoms with Crippen molar-refractivity contribution in [3.63, 3.8) is 0 Å². The zero-order valence-corrected chi connectivity index (χ0v) is 12.0. The van der Waals surface area contributed by atoms with E-state index in [0.29, 0.717) is 5.15 Å². The maximum absolute atomic E-state index is 6.26. The Morgan fingerprint density at radius 3 is 2.47 bits per heavy atom. The molecule has 1 heterocycles. The molecule has 19 heavy (non-hydrogen) atoms. The highest BCUT2D eigenvalue weighted by molar-refractivity contribution is 7.98. The third kappa shape index (κ3) is 2.46. The van der Waals surface area contributed by atoms with Crippen molar-refractivity contribution in [1.29, 1.82) is 0 Å². The van der Waals surface area contributed by atoms with Gasteiger partial charge in [-0.25, -0.2) is 4.98 Å². The lowest BCUT2D eigenvalue weighted by Crippen LogP contribution is -1.86. The van der Waals surface area contributed by atoms with E-state index in [1.807, 2.05) is 18.2 Å². The van der Waals surface area contributed by atoms with Gasteiger partial charge in [-0.2, -0.15) is 0 Å². The molecule has 0 aliphatic heterocycles. The summed E-state index contributed by atoms with van der Waals surface area (Å²) in [4.78, 5) is 5.73. The maximum atomic E-state index is 6.26. The predicted molar refractivity (Wildman–Crippen MR) is 84.0 cm³/mol. The van der Waals surface area contributed by atoms with Gasteiger partial charge in [0.05, 0.1) is 5.69 Å². The van der Waals surface area contributed by atoms with Crippen molar-refractivity contribution in [2.45, 2.75) is 4.90 Å². The molecule has 0 saturated heterocycles. The van der Waals surface area contributed by atoms with Crippen LogP contribution >= 0.6 is 23.4 Å². The number of halogens is 1. The van der Waals surface area contributed by atoms with E-state index in [2.05, 4.69) is 47.6 Å². The first-order valence-electron chi connectivity index (χ1n) is 5.97. The molecular formula is C16H12ClNS. The number of thioether (sulfide) groups is 1. The smallest absolute Gasteiger partial charge is 0.137 e. The monoisotopic (exact) mass is 285 g/mol. The minimum Gasteiger partial charge on any atom is -0.235 e. The summed E-state index contributed by atoms with van der Waals surface area (Å²) in [5, 5.41) is 2.67. The average Bonchev–Trinajstić information content (AvgIpc) is 2.47. The van der Waals surface area contributed by atoms with Crippen molar-refractivity contribution < 1.29 is 0 Å². The van der Waals surface area contributed by atoms with Crippen LogP contribution in [0.5, 0.6) is 0 Å². The second-order valence-corrected chi connectivity index (χ2v) is 5.49. The molecule has 0 bridgehead atoms. The van der Waals surface area contributed by atoms with E-state index in [4.69, 9.17) is 11.6 Å². The topological polar surface area (TPSA) is 12.9 Å². The van der Waals surface area contributed by atoms with Crippen molar-refractivity contribution in [3.05, 3.63) is 59.8 Å². The van der Waals surface area contributed by atoms with Crippen LogP contribution in [0.3, 0.4) is 0 Å². The Kier molecular flexibility index (Phi) is 3.45. The number of rotatable bonds is 2. The first-order chi connectivity index (χ1) is 9.28. The van der Waals surface area contributed by atoms with Crippen LogP contribution in [0.2, 0.25) is 5.15 Å². The third-order valence-electron chi connectivity index (χ3n) is 3.08. The summed E-state index contributed by atoms with van der Waals surface area (Å²) in [7, 11) is 0. The quantitative estimate of drug-likeness (QED) is 0.469. The van der Waals surface area contributed by atoms with Crippen molar-refractivity contribution in [2.75, 3.05) is 6.26 Å². The highest BCUT2D eigenvalue weighted by Crippen LogP contribution is 2.28. The SMILES string of the molecule is CSc1ccc(-c2cc3ccccc3c(Cl)n2)cc1. The summed E-state index contributed by atoms with van der Waals surface area (Å²) in [6.45, 7) is 0. The first-order valence-corrected chi connectivity index (χ1v) is 7.58. The van der Waals surface area contributed by atoms with Gasteiger partial charge >= 0.3 is 0 Å². The van der Waals surface area contributed by atoms with Gasteiger partial charge in [-0.05, 0) is 29.8 Å². The Balaban J connectivity index is 2.14. The molecule has 0 unspecified atom stereocenters. The van der Waals surface area contributed by atoms with Gasteiger partial charge in [-0.3, -0.25) is 0 Å². The third-order valence-corrected chi connectivity index (χ3v) is 4.11. The zero-order valence-electron chi connectivity index (χ0n) is 10.4. The maximum Gasteiger partial charge on any atom is 0.137 e. The number of hydrogen-bond donors (Lipinski definition) is 0. The van der Waals surface area contributed by atoms with Crippen LogP contribution in [0.1, 0.15) is 0 Å². The fraction of sp³-hybridized carbons (Fsp3) is 0.0625. The highest BCUT2D eigenvalue weighted by Gasteiger charge is 2.05. The molecule has 3 aromatic rings. The predicted octanol–water partition coefficient (Wildman–Crippen LogP) is 5.28. The minimum atomic E-state index is 0.557. The summed E-state index contributed by atoms with van der Waals surface area (Å²) < 4.78 is 0. The van der Waals surface area contributed by atoms with Gasteiger partial charge in [0.2, 0.25) is 0 Å². The number of hydrogen-bond acceptors (Lipinski definition) is 2. The number of nitrogens with zero attached hydrogens (tertiary/aromatic N) is 1. The van der Waals surface area contributed by atoms with Crippen LogP contribution in [0, 0.1) is 0 Å². The largest absolute Gasteiger partial charge is 0.235 e. The van der Waals surface area contributed by atoms with Crippen LogP contribution in [0.25, 0.3) is 22.0 Å². The van der Waals surface area contributed by atoms with E-state index >= 15 is 0 Å². The molecule has 0 radical (unpaired) electrons. The van der Waals surface area contributed by atoms with E-state index in [1.54, 1.807) is 11.8 Å². The van der Waals surface area contributed by atoms with Gasteiger partial charge in [0.15, 0.2) is 0 Å². The summed E-state index contributed by atoms with van der Waals surface area (Å²) in [6, 6.07) is 18.5. The lowest BCUT2D eigenvalue weighted by molar-refractivity contribution is 1.34. The van der Waals surface area contributed by atoms with Crippen LogP contribution in [-0.2, 0) is 0 Å². The van der Waals surface area contributed by atoms with Crippen molar-refractivity contribution in [3.8, 4) is 11.3 Å². The molecule has 3 heteroatoms. The Hall–Kier alpha value is -1.51. The molecule has 0 atom stereocenters. The van der Waals surface area contributed by atoms with Gasteiger partial charge in [0.1, 0.15) is 5.15 Å². The molecule has 2 aromatic carbocycles. The van der Waals surface area contributed by atoms with E-state index in [1.165, 1.54) is 4.90 Å². The van der Waals surface area contributed by atoms with Crippen LogP contribution in [0.15, 0.2) is 59.5 Å². The summed E-state index contributed by atoms with van der Waals surface area (Å²) in [5.74, 6) is 0. The summed E-state index contributed by atoms with van der Waals surface area (Å²) >= 11 is 7.99. The molecular weight excluding hydrogens is 274 g/mol. The molecule has 0 fully saturated rings. The van der Waals surface area contributed by atoms with E-state index < -0.39 is 0 Å². The molecule has 0 saturated carbocycles. The Morgan fingerprint density at radius 2 is 1.74 bits per heavy atom. The molecule has 1 aromatic heterocycles. The Bertz CT molecular complexity index is 722. The second kappa shape index (κ2) is 5.24. The van der Waals surface area contributed by atoms with Crippen molar-refractivity contribution >= 4 is 34.1 Å². The van der Waals surface area contributed by atoms with Crippen LogP contribution in [-0.4, -0.2) is 11.2 Å². The lowest BCUT2D eigenvalue weighted by Gasteiger charge is -2.06. The van der Waals surface area contributed by atoms with E-state index in [9.17, 15) is 0 Å². The molecule has 3 rings (SSSR count). The van der Waals surface area contributed by atoms with Crippen molar-refractivity contribution in [1.82, 2.24) is 4.98 Å². The van der Waals surface area contributed by atoms with Crippen molar-refractivity contribution in [2.24, 2.45) is 0 Å². The molecule has 1 nitrogen and oxygen atoms in total. The van der Waals surface area contributed by atoms with Crippen LogP contribution < -0.4 is 0 Å². The summed E-state index contributed by atoms with van der Waals surface area (Å²) in [6.07, 6.45) is 2.07. The summed E-state index contributed by atoms with van der Waals surface area (Å²) in [5.41, 5.74) is 2.00. The van der Waals surface area contributed by atoms with Crippen LogP contribution in [0.4, 0.5) is 0 Å². The number of fused-ring (bicyclic) bond motifs is 1. The number of benzene rings is 2. The van der Waals surface area contributed by atoms with Gasteiger partial charge in [-0.15, -0.1) is 11.8 Å². The fourth-order valence-corrected chi connectivity index (χ4v) is 2.74. The minimum absolute atomic E-state index is 0.557. The Labute approximate surface area is 121 Å². The molecule has 0 amide bonds. The molecule has 0 aliphatic carbocycles. The zero-order chi connectivity index (χ0) is 13.2. The molecule has 0 spiro atoms. The van der Waals surface area contributed by atoms with Gasteiger partial charge in [-0.1, -0.05) is 48.0 Å². The lowest BCUT2D eigenvalue weighted by atomic mass is 10.1. The molecule has 0 N–H and O–H groups in total. The molecule has 0 aliphatic rings. The standard InChI is InChI=1S/C16H12ClNS/c1-19-13-8-6-11(7-9-13)15-10-12-4-2-3-5-14(12)16(17)18-15/h2-10H,1H3. The molecule has 94 valence electrons. The van der Waals surface area contributed by atoms with E-state index in [-0.39, 0.29) is 0 Å². The van der Waals surface area contributed by atoms with Gasteiger partial charge in [0.25, 0.3) is 0 Å². The second-order valence-electron chi connectivity index (χ2n) is 4.25. The first kappa shape index (κ1) is 12.5. The average molecular weight is 286 g/mol. The number of aromatic nitrogens is 1. The number of pyridine rings is 1. The van der Waals surface area contributed by atoms with Gasteiger partial charge in [0, 0.05) is 15.8 Å². The normalized spacial score (nSPS) is 10.8. The Morgan fingerprint density at radius 1 is 1.00 bits per heavy atom. The van der Waals surface area contributed by atoms with Gasteiger partial charge < -0.3 is 0 Å². The van der Waals surface area contributed by atoms with E-state index in [0.717, 1.165) is 22.0 Å². The fourth-order valence-electron chi connectivity index (χ4n) is 2.07.